The lowest BCUT2D eigenvalue weighted by Crippen LogP contribution is -2.58. The van der Waals surface area contributed by atoms with Crippen LogP contribution in [-0.2, 0) is 12.7 Å². The van der Waals surface area contributed by atoms with E-state index in [1.54, 1.807) is 30.3 Å². The van der Waals surface area contributed by atoms with Crippen LogP contribution in [0.4, 0.5) is 22.0 Å². The Bertz CT molecular complexity index is 1100. The van der Waals surface area contributed by atoms with Crippen LogP contribution in [0.5, 0.6) is 0 Å². The Balaban J connectivity index is 1.89. The lowest BCUT2D eigenvalue weighted by molar-refractivity contribution is -0.143. The summed E-state index contributed by atoms with van der Waals surface area (Å²) in [6.07, 6.45) is -4.76. The van der Waals surface area contributed by atoms with Crippen molar-refractivity contribution in [3.63, 3.8) is 0 Å². The van der Waals surface area contributed by atoms with E-state index in [4.69, 9.17) is 11.6 Å². The highest BCUT2D eigenvalue weighted by Crippen LogP contribution is 2.39. The van der Waals surface area contributed by atoms with E-state index in [0.29, 0.717) is 16.1 Å². The molecule has 3 nitrogen and oxygen atoms in total. The molecule has 0 radical (unpaired) electrons. The molecule has 1 saturated heterocycles. The summed E-state index contributed by atoms with van der Waals surface area (Å²) in [6, 6.07) is 15.2. The van der Waals surface area contributed by atoms with Gasteiger partial charge in [0, 0.05) is 17.1 Å². The van der Waals surface area contributed by atoms with Gasteiger partial charge in [-0.3, -0.25) is 4.79 Å². The molecule has 0 N–H and O–H groups in total. The van der Waals surface area contributed by atoms with E-state index < -0.39 is 36.8 Å². The smallest absolute Gasteiger partial charge is 0.328 e. The molecule has 0 saturated carbocycles. The van der Waals surface area contributed by atoms with Crippen LogP contribution < -0.4 is 0 Å². The molecule has 1 fully saturated rings. The van der Waals surface area contributed by atoms with Crippen LogP contribution in [0, 0.1) is 0 Å². The van der Waals surface area contributed by atoms with Gasteiger partial charge in [-0.1, -0.05) is 54.1 Å². The molecule has 9 heteroatoms. The summed E-state index contributed by atoms with van der Waals surface area (Å²) < 4.78 is 69.4. The third-order valence-corrected chi connectivity index (χ3v) is 5.31. The van der Waals surface area contributed by atoms with Gasteiger partial charge in [0.2, 0.25) is 0 Å². The molecule has 31 heavy (non-hydrogen) atoms. The third-order valence-electron chi connectivity index (χ3n) is 5.06. The largest absolute Gasteiger partial charge is 0.431 e. The number of aromatic nitrogens is 1. The number of hydrogen-bond acceptors (Lipinski definition) is 1. The molecule has 1 aliphatic rings. The molecule has 0 aliphatic carbocycles. The van der Waals surface area contributed by atoms with E-state index in [-0.39, 0.29) is 17.8 Å². The number of amides is 1. The Hall–Kier alpha value is -2.87. The van der Waals surface area contributed by atoms with Crippen LogP contribution in [0.3, 0.4) is 0 Å². The minimum atomic E-state index is -4.76. The van der Waals surface area contributed by atoms with Crippen molar-refractivity contribution in [3.8, 4) is 11.1 Å². The Morgan fingerprint density at radius 2 is 1.61 bits per heavy atom. The highest BCUT2D eigenvalue weighted by molar-refractivity contribution is 6.30. The van der Waals surface area contributed by atoms with Crippen molar-refractivity contribution in [2.75, 3.05) is 13.1 Å². The first kappa shape index (κ1) is 21.4. The number of benzene rings is 2. The molecule has 0 bridgehead atoms. The molecule has 0 atom stereocenters. The molecule has 2 aromatic carbocycles. The quantitative estimate of drug-likeness (QED) is 0.446. The maximum Gasteiger partial charge on any atom is 0.431 e. The number of halogens is 6. The van der Waals surface area contributed by atoms with Gasteiger partial charge in [0.05, 0.1) is 13.1 Å². The Morgan fingerprint density at radius 3 is 2.16 bits per heavy atom. The summed E-state index contributed by atoms with van der Waals surface area (Å²) in [6.45, 7) is -1.90. The minimum absolute atomic E-state index is 0.0140. The van der Waals surface area contributed by atoms with Gasteiger partial charge in [-0.05, 0) is 29.3 Å². The van der Waals surface area contributed by atoms with Gasteiger partial charge >= 0.3 is 6.18 Å². The van der Waals surface area contributed by atoms with Gasteiger partial charge in [0.25, 0.3) is 11.8 Å². The summed E-state index contributed by atoms with van der Waals surface area (Å²) in [4.78, 5) is 14.0. The molecule has 162 valence electrons. The normalized spacial score (nSPS) is 15.6. The van der Waals surface area contributed by atoms with Gasteiger partial charge in [-0.25, -0.2) is 8.78 Å². The highest BCUT2D eigenvalue weighted by atomic mass is 35.5. The monoisotopic (exact) mass is 454 g/mol. The second-order valence-corrected chi connectivity index (χ2v) is 7.82. The summed E-state index contributed by atoms with van der Waals surface area (Å²) in [5.41, 5.74) is -0.433. The summed E-state index contributed by atoms with van der Waals surface area (Å²) in [5.74, 6) is -3.91. The Morgan fingerprint density at radius 1 is 1.00 bits per heavy atom. The van der Waals surface area contributed by atoms with E-state index >= 15 is 0 Å². The maximum absolute atomic E-state index is 13.9. The molecule has 0 unspecified atom stereocenters. The molecule has 1 amide bonds. The van der Waals surface area contributed by atoms with Crippen molar-refractivity contribution in [3.05, 3.63) is 82.6 Å². The van der Waals surface area contributed by atoms with Gasteiger partial charge in [-0.15, -0.1) is 0 Å². The first-order chi connectivity index (χ1) is 14.5. The number of likely N-dealkylation sites (tertiary alicyclic amines) is 1. The van der Waals surface area contributed by atoms with Gasteiger partial charge in [0.15, 0.2) is 0 Å². The second-order valence-electron chi connectivity index (χ2n) is 7.39. The van der Waals surface area contributed by atoms with Crippen molar-refractivity contribution in [1.29, 1.82) is 0 Å². The fourth-order valence-electron chi connectivity index (χ4n) is 3.60. The molecule has 1 aromatic heterocycles. The van der Waals surface area contributed by atoms with E-state index in [0.717, 1.165) is 15.5 Å². The van der Waals surface area contributed by atoms with Crippen LogP contribution in [0.15, 0.2) is 60.7 Å². The van der Waals surface area contributed by atoms with E-state index in [2.05, 4.69) is 0 Å². The van der Waals surface area contributed by atoms with Crippen LogP contribution in [-0.4, -0.2) is 34.4 Å². The number of rotatable bonds is 4. The SMILES string of the molecule is O=C(c1c(-c2ccc(Cl)cc2)cc(C(F)(F)F)n1Cc1ccccc1)N1CC(F)(F)C1. The highest BCUT2D eigenvalue weighted by Gasteiger charge is 2.48. The predicted octanol–water partition coefficient (Wildman–Crippen LogP) is 5.97. The fraction of sp³-hybridized carbons (Fsp3) is 0.227. The van der Waals surface area contributed by atoms with Crippen molar-refractivity contribution < 1.29 is 26.7 Å². The molecule has 0 spiro atoms. The first-order valence-electron chi connectivity index (χ1n) is 9.33. The summed E-state index contributed by atoms with van der Waals surface area (Å²) >= 11 is 5.89. The fourth-order valence-corrected chi connectivity index (χ4v) is 3.73. The Kier molecular flexibility index (Phi) is 5.29. The topological polar surface area (TPSA) is 25.2 Å². The molecule has 2 heterocycles. The van der Waals surface area contributed by atoms with Crippen molar-refractivity contribution in [2.45, 2.75) is 18.6 Å². The van der Waals surface area contributed by atoms with E-state index in [1.807, 2.05) is 0 Å². The van der Waals surface area contributed by atoms with Crippen LogP contribution in [0.2, 0.25) is 5.02 Å². The Labute approximate surface area is 179 Å². The van der Waals surface area contributed by atoms with Crippen molar-refractivity contribution in [2.24, 2.45) is 0 Å². The zero-order chi connectivity index (χ0) is 22.4. The number of carbonyl (C=O) groups excluding carboxylic acids is 1. The van der Waals surface area contributed by atoms with Gasteiger partial charge in [-0.2, -0.15) is 13.2 Å². The maximum atomic E-state index is 13.9. The number of hydrogen-bond donors (Lipinski definition) is 0. The van der Waals surface area contributed by atoms with Crippen molar-refractivity contribution in [1.82, 2.24) is 9.47 Å². The molecule has 4 rings (SSSR count). The molecule has 1 aliphatic heterocycles. The predicted molar refractivity (Wildman–Crippen MR) is 106 cm³/mol. The van der Waals surface area contributed by atoms with E-state index in [1.165, 1.54) is 24.3 Å². The zero-order valence-electron chi connectivity index (χ0n) is 16.0. The number of carbonyl (C=O) groups is 1. The standard InChI is InChI=1S/C22H16ClF5N2O/c23-16-8-6-15(7-9-16)17-10-18(22(26,27)28)30(11-14-4-2-1-3-5-14)19(17)20(31)29-12-21(24,25)13-29/h1-10H,11-13H2. The molecular weight excluding hydrogens is 439 g/mol. The summed E-state index contributed by atoms with van der Waals surface area (Å²) in [5, 5.41) is 0.374. The van der Waals surface area contributed by atoms with Crippen LogP contribution in [0.25, 0.3) is 11.1 Å². The average molecular weight is 455 g/mol. The number of nitrogens with zero attached hydrogens (tertiary/aromatic N) is 2. The lowest BCUT2D eigenvalue weighted by Gasteiger charge is -2.39. The first-order valence-corrected chi connectivity index (χ1v) is 9.71. The molecule has 3 aromatic rings. The third kappa shape index (κ3) is 4.30. The van der Waals surface area contributed by atoms with Gasteiger partial charge < -0.3 is 9.47 Å². The number of alkyl halides is 5. The van der Waals surface area contributed by atoms with Crippen molar-refractivity contribution >= 4 is 17.5 Å². The van der Waals surface area contributed by atoms with Gasteiger partial charge in [0.1, 0.15) is 11.4 Å². The average Bonchev–Trinajstić information content (AvgIpc) is 3.06. The lowest BCUT2D eigenvalue weighted by atomic mass is 10.0. The second kappa shape index (κ2) is 7.67. The summed E-state index contributed by atoms with van der Waals surface area (Å²) in [7, 11) is 0. The van der Waals surface area contributed by atoms with Crippen LogP contribution >= 0.6 is 11.6 Å². The van der Waals surface area contributed by atoms with Crippen LogP contribution in [0.1, 0.15) is 21.7 Å². The minimum Gasteiger partial charge on any atom is -0.328 e. The zero-order valence-corrected chi connectivity index (χ0v) is 16.7. The van der Waals surface area contributed by atoms with E-state index in [9.17, 15) is 26.7 Å². The molecular formula is C22H16ClF5N2O.